The zero-order valence-corrected chi connectivity index (χ0v) is 9.48. The van der Waals surface area contributed by atoms with Crippen molar-refractivity contribution in [3.63, 3.8) is 0 Å². The highest BCUT2D eigenvalue weighted by Crippen LogP contribution is 2.44. The summed E-state index contributed by atoms with van der Waals surface area (Å²) in [7, 11) is 0. The first-order valence-corrected chi connectivity index (χ1v) is 5.61. The van der Waals surface area contributed by atoms with Crippen molar-refractivity contribution in [3.8, 4) is 23.0 Å². The van der Waals surface area contributed by atoms with E-state index in [1.54, 1.807) is 24.3 Å². The Balaban J connectivity index is 2.38. The van der Waals surface area contributed by atoms with Crippen LogP contribution in [0.25, 0.3) is 0 Å². The van der Waals surface area contributed by atoms with Crippen molar-refractivity contribution in [2.45, 2.75) is 9.79 Å². The first-order chi connectivity index (χ1) is 8.09. The molecule has 2 aromatic carbocycles. The fraction of sp³-hybridized carbons (Fsp3) is 0. The number of phenolic OH excluding ortho intramolecular Hbond substituents is 4. The average molecular weight is 250 g/mol. The zero-order valence-electron chi connectivity index (χ0n) is 8.66. The third kappa shape index (κ3) is 2.24. The standard InChI is InChI=1S/C12H10O4S/c13-7-3-1-5-9(11(7)15)17-10-6-2-4-8(14)12(10)16/h1-6,13-16H. The van der Waals surface area contributed by atoms with E-state index in [2.05, 4.69) is 0 Å². The van der Waals surface area contributed by atoms with Gasteiger partial charge in [-0.1, -0.05) is 23.9 Å². The van der Waals surface area contributed by atoms with E-state index < -0.39 is 0 Å². The van der Waals surface area contributed by atoms with Crippen LogP contribution in [-0.4, -0.2) is 20.4 Å². The Morgan fingerprint density at radius 1 is 0.647 bits per heavy atom. The van der Waals surface area contributed by atoms with Crippen LogP contribution in [0, 0.1) is 0 Å². The average Bonchev–Trinajstić information content (AvgIpc) is 2.31. The minimum Gasteiger partial charge on any atom is -0.504 e. The molecule has 0 unspecified atom stereocenters. The molecule has 88 valence electrons. The van der Waals surface area contributed by atoms with Gasteiger partial charge in [-0.3, -0.25) is 0 Å². The van der Waals surface area contributed by atoms with Crippen LogP contribution in [0.4, 0.5) is 0 Å². The summed E-state index contributed by atoms with van der Waals surface area (Å²) in [6, 6.07) is 9.09. The Labute approximate surface area is 102 Å². The van der Waals surface area contributed by atoms with Crippen LogP contribution >= 0.6 is 11.8 Å². The first-order valence-electron chi connectivity index (χ1n) is 4.79. The molecule has 2 rings (SSSR count). The van der Waals surface area contributed by atoms with Crippen molar-refractivity contribution in [2.75, 3.05) is 0 Å². The van der Waals surface area contributed by atoms with Crippen LogP contribution in [0.1, 0.15) is 0 Å². The smallest absolute Gasteiger partial charge is 0.171 e. The van der Waals surface area contributed by atoms with Gasteiger partial charge in [0, 0.05) is 0 Å². The van der Waals surface area contributed by atoms with Gasteiger partial charge in [-0.2, -0.15) is 0 Å². The van der Waals surface area contributed by atoms with E-state index in [4.69, 9.17) is 0 Å². The number of phenols is 4. The van der Waals surface area contributed by atoms with E-state index >= 15 is 0 Å². The number of rotatable bonds is 2. The van der Waals surface area contributed by atoms with Gasteiger partial charge in [0.1, 0.15) is 0 Å². The number of para-hydroxylation sites is 2. The molecule has 4 N–H and O–H groups in total. The molecule has 0 spiro atoms. The summed E-state index contributed by atoms with van der Waals surface area (Å²) in [5.74, 6) is -0.954. The zero-order chi connectivity index (χ0) is 12.4. The molecule has 0 amide bonds. The second-order valence-corrected chi connectivity index (χ2v) is 4.43. The van der Waals surface area contributed by atoms with Crippen molar-refractivity contribution in [1.82, 2.24) is 0 Å². The van der Waals surface area contributed by atoms with Crippen molar-refractivity contribution in [2.24, 2.45) is 0 Å². The maximum Gasteiger partial charge on any atom is 0.171 e. The van der Waals surface area contributed by atoms with Gasteiger partial charge < -0.3 is 20.4 Å². The topological polar surface area (TPSA) is 80.9 Å². The molecule has 4 nitrogen and oxygen atoms in total. The maximum absolute atomic E-state index is 9.60. The summed E-state index contributed by atoms with van der Waals surface area (Å²) >= 11 is 1.05. The van der Waals surface area contributed by atoms with Crippen molar-refractivity contribution in [3.05, 3.63) is 36.4 Å². The van der Waals surface area contributed by atoms with E-state index in [1.165, 1.54) is 12.1 Å². The molecule has 0 aromatic heterocycles. The Morgan fingerprint density at radius 3 is 1.47 bits per heavy atom. The maximum atomic E-state index is 9.60. The SMILES string of the molecule is Oc1cccc(Sc2cccc(O)c2O)c1O. The Bertz CT molecular complexity index is 505. The minimum atomic E-state index is -0.250. The lowest BCUT2D eigenvalue weighted by molar-refractivity contribution is 0.393. The lowest BCUT2D eigenvalue weighted by Crippen LogP contribution is -1.78. The normalized spacial score (nSPS) is 10.4. The highest BCUT2D eigenvalue weighted by atomic mass is 32.2. The second-order valence-electron chi connectivity index (χ2n) is 3.35. The van der Waals surface area contributed by atoms with Crippen LogP contribution in [0.3, 0.4) is 0 Å². The van der Waals surface area contributed by atoms with Crippen molar-refractivity contribution in [1.29, 1.82) is 0 Å². The first kappa shape index (κ1) is 11.5. The predicted molar refractivity (Wildman–Crippen MR) is 63.7 cm³/mol. The molecule has 2 aromatic rings. The molecular weight excluding hydrogens is 240 g/mol. The molecule has 0 aliphatic carbocycles. The summed E-state index contributed by atoms with van der Waals surface area (Å²) in [6.07, 6.45) is 0. The van der Waals surface area contributed by atoms with Crippen LogP contribution in [0.5, 0.6) is 23.0 Å². The van der Waals surface area contributed by atoms with Crippen molar-refractivity contribution >= 4 is 11.8 Å². The molecule has 5 heteroatoms. The summed E-state index contributed by atoms with van der Waals surface area (Å²) in [6.45, 7) is 0. The van der Waals surface area contributed by atoms with Crippen LogP contribution in [-0.2, 0) is 0 Å². The van der Waals surface area contributed by atoms with E-state index in [9.17, 15) is 20.4 Å². The highest BCUT2D eigenvalue weighted by molar-refractivity contribution is 7.99. The molecule has 0 bridgehead atoms. The monoisotopic (exact) mass is 250 g/mol. The second kappa shape index (κ2) is 4.47. The number of benzene rings is 2. The Hall–Kier alpha value is -2.01. The van der Waals surface area contributed by atoms with Crippen LogP contribution < -0.4 is 0 Å². The number of aromatic hydroxyl groups is 4. The van der Waals surface area contributed by atoms with E-state index in [1.807, 2.05) is 0 Å². The molecule has 17 heavy (non-hydrogen) atoms. The Morgan fingerprint density at radius 2 is 1.06 bits per heavy atom. The molecule has 0 aliphatic rings. The van der Waals surface area contributed by atoms with Gasteiger partial charge in [0.2, 0.25) is 0 Å². The molecule has 0 aliphatic heterocycles. The number of hydrogen-bond acceptors (Lipinski definition) is 5. The fourth-order valence-electron chi connectivity index (χ4n) is 1.30. The van der Waals surface area contributed by atoms with Crippen LogP contribution in [0.2, 0.25) is 0 Å². The molecule has 0 atom stereocenters. The minimum absolute atomic E-state index is 0.227. The van der Waals surface area contributed by atoms with E-state index in [0.717, 1.165) is 11.8 Å². The van der Waals surface area contributed by atoms with Crippen LogP contribution in [0.15, 0.2) is 46.2 Å². The summed E-state index contributed by atoms with van der Waals surface area (Å²) < 4.78 is 0. The number of hydrogen-bond donors (Lipinski definition) is 4. The summed E-state index contributed by atoms with van der Waals surface area (Å²) in [5, 5.41) is 37.9. The van der Waals surface area contributed by atoms with Gasteiger partial charge >= 0.3 is 0 Å². The third-order valence-corrected chi connectivity index (χ3v) is 3.27. The summed E-state index contributed by atoms with van der Waals surface area (Å²) in [4.78, 5) is 0.789. The lowest BCUT2D eigenvalue weighted by atomic mass is 10.3. The summed E-state index contributed by atoms with van der Waals surface area (Å²) in [5.41, 5.74) is 0. The predicted octanol–water partition coefficient (Wildman–Crippen LogP) is 2.66. The molecule has 0 saturated carbocycles. The molecule has 0 saturated heterocycles. The van der Waals surface area contributed by atoms with Gasteiger partial charge in [-0.15, -0.1) is 0 Å². The largest absolute Gasteiger partial charge is 0.504 e. The quantitative estimate of drug-likeness (QED) is 0.616. The molecule has 0 fully saturated rings. The third-order valence-electron chi connectivity index (χ3n) is 2.18. The highest BCUT2D eigenvalue weighted by Gasteiger charge is 2.11. The molecule has 0 radical (unpaired) electrons. The van der Waals surface area contributed by atoms with Gasteiger partial charge in [0.25, 0.3) is 0 Å². The van der Waals surface area contributed by atoms with Gasteiger partial charge in [-0.25, -0.2) is 0 Å². The van der Waals surface area contributed by atoms with E-state index in [0.29, 0.717) is 9.79 Å². The van der Waals surface area contributed by atoms with Gasteiger partial charge in [-0.05, 0) is 24.3 Å². The van der Waals surface area contributed by atoms with Gasteiger partial charge in [0.15, 0.2) is 23.0 Å². The lowest BCUT2D eigenvalue weighted by Gasteiger charge is -2.07. The van der Waals surface area contributed by atoms with Gasteiger partial charge in [0.05, 0.1) is 9.79 Å². The molecular formula is C12H10O4S. The Kier molecular flexibility index (Phi) is 3.01. The molecule has 0 heterocycles. The van der Waals surface area contributed by atoms with Crippen molar-refractivity contribution < 1.29 is 20.4 Å². The fourth-order valence-corrected chi connectivity index (χ4v) is 2.24. The van der Waals surface area contributed by atoms with E-state index in [-0.39, 0.29) is 23.0 Å².